The Morgan fingerprint density at radius 2 is 0.889 bits per heavy atom. The Bertz CT molecular complexity index is 1280. The van der Waals surface area contributed by atoms with E-state index in [0.717, 1.165) is 50.7 Å². The van der Waals surface area contributed by atoms with E-state index in [1.165, 1.54) is 32.7 Å². The maximum Gasteiger partial charge on any atom is 0 e. The largest absolute Gasteiger partial charge is 0.791 e. The van der Waals surface area contributed by atoms with Gasteiger partial charge in [-0.3, -0.25) is 0 Å². The molecule has 4 radical (unpaired) electrons. The van der Waals surface area contributed by atoms with Gasteiger partial charge in [0.1, 0.15) is 0 Å². The summed E-state index contributed by atoms with van der Waals surface area (Å²) in [7, 11) is 0. The minimum atomic E-state index is 0. The van der Waals surface area contributed by atoms with Gasteiger partial charge in [0.15, 0.2) is 0 Å². The second-order valence-electron chi connectivity index (χ2n) is 8.98. The number of nitrogens with two attached hydrogens (primary N) is 2. The smallest absolute Gasteiger partial charge is 0 e. The minimum Gasteiger partial charge on any atom is -0.791 e. The van der Waals surface area contributed by atoms with E-state index >= 15 is 0 Å². The summed E-state index contributed by atoms with van der Waals surface area (Å²) in [6, 6.07) is 29.8. The van der Waals surface area contributed by atoms with Crippen LogP contribution in [0.2, 0.25) is 0 Å². The molecule has 0 aromatic heterocycles. The van der Waals surface area contributed by atoms with Crippen molar-refractivity contribution in [3.63, 3.8) is 0 Å². The Hall–Kier alpha value is -1.34. The van der Waals surface area contributed by atoms with Gasteiger partial charge in [-0.2, -0.15) is 11.5 Å². The van der Waals surface area contributed by atoms with Crippen LogP contribution in [0.3, 0.4) is 0 Å². The molecule has 4 aromatic carbocycles. The van der Waals surface area contributed by atoms with Gasteiger partial charge >= 0.3 is 0 Å². The van der Waals surface area contributed by atoms with Crippen molar-refractivity contribution in [2.45, 2.75) is 12.8 Å². The first-order valence-electron chi connectivity index (χ1n) is 13.6. The predicted molar refractivity (Wildman–Crippen MR) is 214 cm³/mol. The second-order valence-corrected chi connectivity index (χ2v) is 9.79. The molecule has 2 heterocycles. The molecular weight excluding hydrogens is 747 g/mol. The molecule has 0 aliphatic carbocycles. The Kier molecular flexibility index (Phi) is 30.8. The van der Waals surface area contributed by atoms with Gasteiger partial charge in [0.2, 0.25) is 0 Å². The third kappa shape index (κ3) is 16.9. The molecule has 0 saturated carbocycles. The molecule has 0 fully saturated rings. The van der Waals surface area contributed by atoms with E-state index in [9.17, 15) is 0 Å². The van der Waals surface area contributed by atoms with E-state index in [1.54, 1.807) is 0 Å². The number of benzene rings is 4. The third-order valence-electron chi connectivity index (χ3n) is 6.07. The third-order valence-corrected chi connectivity index (χ3v) is 6.54. The molecule has 0 bridgehead atoms. The summed E-state index contributed by atoms with van der Waals surface area (Å²) in [4.78, 5) is 8.78. The first-order valence-corrected chi connectivity index (χ1v) is 14.8. The van der Waals surface area contributed by atoms with Crippen molar-refractivity contribution in [1.82, 2.24) is 0 Å². The molecule has 2 aliphatic rings. The minimum absolute atomic E-state index is 0. The molecule has 4 aromatic rings. The van der Waals surface area contributed by atoms with Gasteiger partial charge in [-0.05, 0) is 58.6 Å². The van der Waals surface area contributed by atoms with Crippen LogP contribution in [0.1, 0.15) is 11.1 Å². The summed E-state index contributed by atoms with van der Waals surface area (Å²) in [5.41, 5.74) is 12.5. The molecule has 0 atom stereocenters. The molecule has 45 heavy (non-hydrogen) atoms. The average Bonchev–Trinajstić information content (AvgIpc) is 3.73. The molecule has 2 aliphatic heterocycles. The van der Waals surface area contributed by atoms with E-state index in [0.29, 0.717) is 24.6 Å². The topological polar surface area (TPSA) is 105 Å². The number of aliphatic imine (C=N–C) groups is 2. The standard InChI is InChI=1S/2C14H13N2.2C2H7NS.4ClH.Ge/c2*1-2-7-13-11(4-1)5-3-6-12(13)10-14-15-8-9-16-14;2*3-1-2-4;;;;;/h2*1-7H,8-10H2;2*4H,1-3H2;4*1H;/q2*-1;;;;;;;/p-2. The van der Waals surface area contributed by atoms with Crippen LogP contribution in [0.5, 0.6) is 0 Å². The Morgan fingerprint density at radius 1 is 0.556 bits per heavy atom. The van der Waals surface area contributed by atoms with Crippen LogP contribution in [0.4, 0.5) is 0 Å². The van der Waals surface area contributed by atoms with Crippen LogP contribution >= 0.6 is 49.6 Å². The van der Waals surface area contributed by atoms with Crippen molar-refractivity contribution < 1.29 is 0 Å². The normalized spacial score (nSPS) is 11.9. The van der Waals surface area contributed by atoms with E-state index in [1.807, 2.05) is 0 Å². The van der Waals surface area contributed by atoms with E-state index in [-0.39, 0.29) is 67.2 Å². The quantitative estimate of drug-likeness (QED) is 0.169. The van der Waals surface area contributed by atoms with Crippen LogP contribution in [-0.2, 0) is 38.1 Å². The fourth-order valence-corrected chi connectivity index (χ4v) is 4.27. The first kappa shape index (κ1) is 48.1. The molecule has 13 heteroatoms. The average molecular weight is 789 g/mol. The molecule has 0 unspecified atom stereocenters. The zero-order valence-corrected chi connectivity index (χ0v) is 32.0. The number of halogens is 4. The monoisotopic (exact) mass is 788 g/mol. The molecule has 0 spiro atoms. The number of hydrogen-bond donors (Lipinski definition) is 2. The summed E-state index contributed by atoms with van der Waals surface area (Å²) >= 11 is 8.86. The maximum absolute atomic E-state index is 4.92. The molecule has 6 rings (SSSR count). The van der Waals surface area contributed by atoms with Gasteiger partial charge in [-0.1, -0.05) is 123 Å². The van der Waals surface area contributed by atoms with E-state index < -0.39 is 0 Å². The van der Waals surface area contributed by atoms with Crippen molar-refractivity contribution in [2.24, 2.45) is 21.5 Å². The van der Waals surface area contributed by atoms with Crippen molar-refractivity contribution in [2.75, 3.05) is 50.8 Å². The van der Waals surface area contributed by atoms with Crippen LogP contribution in [-0.4, -0.2) is 80.0 Å². The fourth-order valence-electron chi connectivity index (χ4n) is 4.27. The Balaban J connectivity index is -0.000000583. The molecule has 6 nitrogen and oxygen atoms in total. The fraction of sp³-hybridized carbons (Fsp3) is 0.312. The van der Waals surface area contributed by atoms with Crippen LogP contribution in [0.25, 0.3) is 32.2 Å². The van der Waals surface area contributed by atoms with Gasteiger partial charge < -0.3 is 57.3 Å². The van der Waals surface area contributed by atoms with E-state index in [4.69, 9.17) is 11.5 Å². The van der Waals surface area contributed by atoms with Crippen LogP contribution in [0.15, 0.2) is 94.9 Å². The first-order chi connectivity index (χ1) is 19.7. The molecule has 4 N–H and O–H groups in total. The van der Waals surface area contributed by atoms with Gasteiger partial charge in [0.05, 0.1) is 0 Å². The molecular formula is C32H42Cl4GeN6S2-4. The number of hydrogen-bond acceptors (Lipinski definition) is 6. The number of nitrogens with zero attached hydrogens (tertiary/aromatic N) is 4. The van der Waals surface area contributed by atoms with Crippen LogP contribution < -0.4 is 11.5 Å². The SMILES string of the molecule is Cl.Cl.Cl.Cl.NCC[S-].NCC[S-].[Ge].c1ccc2c(CC3=NCC[N-]3)cccc2c1.c1ccc2c(CC3=NCC[N-]3)cccc2c1. The van der Waals surface area contributed by atoms with Gasteiger partial charge in [-0.25, -0.2) is 0 Å². The van der Waals surface area contributed by atoms with Crippen molar-refractivity contribution in [3.8, 4) is 0 Å². The predicted octanol–water partition coefficient (Wildman–Crippen LogP) is 6.63. The summed E-state index contributed by atoms with van der Waals surface area (Å²) < 4.78 is 0. The number of fused-ring (bicyclic) bond motifs is 2. The molecule has 0 saturated heterocycles. The van der Waals surface area contributed by atoms with Gasteiger partial charge in [0, 0.05) is 17.6 Å². The molecule has 0 amide bonds. The van der Waals surface area contributed by atoms with Crippen LogP contribution in [0, 0.1) is 0 Å². The van der Waals surface area contributed by atoms with Crippen molar-refractivity contribution >= 4 is 126 Å². The van der Waals surface area contributed by atoms with Gasteiger partial charge in [0.25, 0.3) is 0 Å². The number of rotatable bonds is 6. The van der Waals surface area contributed by atoms with Crippen molar-refractivity contribution in [1.29, 1.82) is 0 Å². The summed E-state index contributed by atoms with van der Waals surface area (Å²) in [6.07, 6.45) is 1.72. The van der Waals surface area contributed by atoms with E-state index in [2.05, 4.69) is 131 Å². The summed E-state index contributed by atoms with van der Waals surface area (Å²) in [6.45, 7) is 4.71. The zero-order valence-electron chi connectivity index (χ0n) is 25.0. The zero-order chi connectivity index (χ0) is 28.4. The maximum atomic E-state index is 4.92. The van der Waals surface area contributed by atoms with Gasteiger partial charge in [-0.15, -0.1) is 49.6 Å². The Morgan fingerprint density at radius 3 is 1.20 bits per heavy atom. The number of amidine groups is 2. The van der Waals surface area contributed by atoms with Crippen molar-refractivity contribution in [3.05, 3.63) is 107 Å². The summed E-state index contributed by atoms with van der Waals surface area (Å²) in [5.74, 6) is 3.35. The second kappa shape index (κ2) is 28.9. The summed E-state index contributed by atoms with van der Waals surface area (Å²) in [5, 5.41) is 14.0. The molecule has 248 valence electrons. The Labute approximate surface area is 315 Å².